The normalized spacial score (nSPS) is 11.8. The van der Waals surface area contributed by atoms with Crippen molar-refractivity contribution in [2.75, 3.05) is 26.4 Å². The van der Waals surface area contributed by atoms with E-state index in [9.17, 15) is 0 Å². The van der Waals surface area contributed by atoms with E-state index in [1.54, 1.807) is 0 Å². The van der Waals surface area contributed by atoms with Crippen molar-refractivity contribution in [3.8, 4) is 68.5 Å². The zero-order chi connectivity index (χ0) is 54.3. The summed E-state index contributed by atoms with van der Waals surface area (Å²) in [5, 5.41) is 0.818. The molecule has 0 atom stereocenters. The Kier molecular flexibility index (Phi) is 20.6. The van der Waals surface area contributed by atoms with E-state index in [1.165, 1.54) is 0 Å². The van der Waals surface area contributed by atoms with Crippen molar-refractivity contribution >= 4 is 183 Å². The van der Waals surface area contributed by atoms with E-state index in [-0.39, 0.29) is 219 Å². The Morgan fingerprint density at radius 1 is 0.286 bits per heavy atom. The van der Waals surface area contributed by atoms with E-state index in [0.29, 0.717) is 25.7 Å². The Morgan fingerprint density at radius 2 is 0.519 bits per heavy atom. The van der Waals surface area contributed by atoms with E-state index in [4.69, 9.17) is 198 Å². The summed E-state index contributed by atoms with van der Waals surface area (Å²) >= 11 is 86.6. The molecule has 4 aromatic carbocycles. The van der Waals surface area contributed by atoms with E-state index >= 15 is 0 Å². The van der Waals surface area contributed by atoms with Crippen LogP contribution < -0.4 is 28.9 Å². The molecule has 0 amide bonds. The number of aromatic nitrogens is 8. The van der Waals surface area contributed by atoms with Crippen LogP contribution in [0.5, 0.6) is 23.0 Å². The van der Waals surface area contributed by atoms with Gasteiger partial charge in [0.15, 0.2) is 23.0 Å². The third-order valence-electron chi connectivity index (χ3n) is 12.6. The summed E-state index contributed by atoms with van der Waals surface area (Å²) < 4.78 is 24.9. The molecule has 0 fully saturated rings. The molecule has 12 nitrogen and oxygen atoms in total. The largest absolute Gasteiger partial charge is 2.00 e. The van der Waals surface area contributed by atoms with Gasteiger partial charge in [0.2, 0.25) is 0 Å². The second-order valence-electron chi connectivity index (χ2n) is 17.8. The van der Waals surface area contributed by atoms with Gasteiger partial charge in [-0.3, -0.25) is 0 Å². The van der Waals surface area contributed by atoms with Crippen LogP contribution in [0.4, 0.5) is 0 Å². The van der Waals surface area contributed by atoms with Crippen molar-refractivity contribution in [3.05, 3.63) is 60.3 Å². The van der Waals surface area contributed by atoms with E-state index in [1.807, 2.05) is 0 Å². The minimum Gasteiger partial charge on any atom is -0.490 e. The molecule has 2 aliphatic heterocycles. The molecule has 0 N–H and O–H groups in total. The summed E-state index contributed by atoms with van der Waals surface area (Å²) in [5.74, 6) is 0.215. The molecule has 5 heterocycles. The number of unbranched alkanes of at least 4 members (excludes halogenated alkanes) is 8. The standard InChI is InChI=1S/C52H44Cl12N8O4.Zn/c1-5-9-13-17-73-41-33(57)25-21(29(53)37(41)61)45-65-46-22-27(35(59)43(38(62)30(22)54)75-19-15-11-7-3)51(67-46)72-52-28-24(32(56)40(64)44(36(28)60)76-20-16-12-8-4)48(71-52)70-50-26-23(47(69-50)68-49(25)66-45)31(55)39(63)42(34(26)58)74-18-14-10-6-2;/h5-20H2,1-4H3;/q-2;+2. The van der Waals surface area contributed by atoms with E-state index in [2.05, 4.69) is 27.7 Å². The molecule has 7 aromatic rings. The molecule has 2 aliphatic rings. The van der Waals surface area contributed by atoms with Gasteiger partial charge in [-0.1, -0.05) is 218 Å². The van der Waals surface area contributed by atoms with Crippen molar-refractivity contribution in [3.63, 3.8) is 0 Å². The van der Waals surface area contributed by atoms with Gasteiger partial charge < -0.3 is 48.9 Å². The van der Waals surface area contributed by atoms with Crippen LogP contribution in [0.3, 0.4) is 0 Å². The number of nitrogens with zero attached hydrogens (tertiary/aromatic N) is 8. The minimum atomic E-state index is -0.0551. The Morgan fingerprint density at radius 3 is 0.792 bits per heavy atom. The van der Waals surface area contributed by atoms with Gasteiger partial charge in [-0.25, -0.2) is 9.97 Å². The van der Waals surface area contributed by atoms with Crippen molar-refractivity contribution in [1.29, 1.82) is 0 Å². The minimum absolute atomic E-state index is 0. The number of halogens is 12. The quantitative estimate of drug-likeness (QED) is 0.0407. The third kappa shape index (κ3) is 11.4. The molecular formula is C52H44Cl12N8O4Zn. The van der Waals surface area contributed by atoms with Crippen LogP contribution in [0.25, 0.3) is 89.7 Å². The molecule has 9 rings (SSSR count). The summed E-state index contributed by atoms with van der Waals surface area (Å²) in [4.78, 5) is 40.0. The fourth-order valence-electron chi connectivity index (χ4n) is 8.74. The predicted molar refractivity (Wildman–Crippen MR) is 314 cm³/mol. The Labute approximate surface area is 516 Å². The van der Waals surface area contributed by atoms with E-state index < -0.39 is 0 Å². The second kappa shape index (κ2) is 26.2. The number of ether oxygens (including phenoxy) is 4. The summed E-state index contributed by atoms with van der Waals surface area (Å²) in [6.07, 6.45) is 10.2. The summed E-state index contributed by atoms with van der Waals surface area (Å²) in [5.41, 5.74) is 0.529. The molecule has 0 aliphatic carbocycles. The first-order valence-corrected chi connectivity index (χ1v) is 29.2. The van der Waals surface area contributed by atoms with Crippen molar-refractivity contribution in [2.24, 2.45) is 0 Å². The van der Waals surface area contributed by atoms with Gasteiger partial charge in [0.25, 0.3) is 0 Å². The smallest absolute Gasteiger partial charge is 0.490 e. The number of rotatable bonds is 20. The summed E-state index contributed by atoms with van der Waals surface area (Å²) in [6.45, 7) is 9.42. The Bertz CT molecular complexity index is 3640. The van der Waals surface area contributed by atoms with Gasteiger partial charge >= 0.3 is 19.5 Å². The van der Waals surface area contributed by atoms with Crippen LogP contribution in [-0.2, 0) is 19.5 Å². The summed E-state index contributed by atoms with van der Waals surface area (Å²) in [6, 6.07) is 0. The van der Waals surface area contributed by atoms with Crippen LogP contribution >= 0.6 is 139 Å². The molecule has 0 saturated carbocycles. The first-order chi connectivity index (χ1) is 36.6. The van der Waals surface area contributed by atoms with Gasteiger partial charge in [-0.15, -0.1) is 0 Å². The molecule has 0 radical (unpaired) electrons. The van der Waals surface area contributed by atoms with Crippen molar-refractivity contribution in [1.82, 2.24) is 39.9 Å². The molecule has 0 saturated heterocycles. The van der Waals surface area contributed by atoms with Gasteiger partial charge in [-0.2, -0.15) is 0 Å². The van der Waals surface area contributed by atoms with Crippen LogP contribution in [0.1, 0.15) is 105 Å². The number of hydrogen-bond acceptors (Lipinski definition) is 10. The fourth-order valence-corrected chi connectivity index (χ4v) is 12.3. The zero-order valence-corrected chi connectivity index (χ0v) is 53.8. The maximum absolute atomic E-state index is 7.35. The number of hydrogen-bond donors (Lipinski definition) is 0. The predicted octanol–water partition coefficient (Wildman–Crippen LogP) is 20.2. The topological polar surface area (TPSA) is 142 Å². The Balaban J connectivity index is 0.00000784. The monoisotopic (exact) mass is 1330 g/mol. The average molecular weight is 1340 g/mol. The molecule has 8 bridgehead atoms. The van der Waals surface area contributed by atoms with Crippen molar-refractivity contribution < 1.29 is 38.4 Å². The third-order valence-corrected chi connectivity index (χ3v) is 17.4. The second-order valence-corrected chi connectivity index (χ2v) is 22.3. The molecule has 402 valence electrons. The summed E-state index contributed by atoms with van der Waals surface area (Å²) in [7, 11) is 0. The van der Waals surface area contributed by atoms with Crippen LogP contribution in [-0.4, -0.2) is 56.3 Å². The first-order valence-electron chi connectivity index (χ1n) is 24.6. The van der Waals surface area contributed by atoms with Crippen LogP contribution in [0.2, 0.25) is 60.3 Å². The molecule has 3 aromatic heterocycles. The van der Waals surface area contributed by atoms with Crippen LogP contribution in [0, 0.1) is 0 Å². The average Bonchev–Trinajstić information content (AvgIpc) is 4.22. The van der Waals surface area contributed by atoms with Gasteiger partial charge in [0, 0.05) is 66.4 Å². The maximum Gasteiger partial charge on any atom is 2.00 e. The zero-order valence-electron chi connectivity index (χ0n) is 41.8. The first kappa shape index (κ1) is 60.6. The molecule has 0 spiro atoms. The van der Waals surface area contributed by atoms with Crippen molar-refractivity contribution in [2.45, 2.75) is 105 Å². The SMILES string of the molecule is CCCCCOc1c(Cl)c(Cl)c2c(c1Cl)-c1nc-2nc2[n-]c(nc3nc(nc4[n-]c(n1)c1c(Cl)c(Cl)c(OCCCCC)c(Cl)c41)-c1c(Cl)c(OCCCCC)c(Cl)c(Cl)c1-3)c1c(Cl)c(Cl)c(OCCCCC)c(Cl)c21.[Zn+2]. The molecule has 0 unspecified atom stereocenters. The maximum atomic E-state index is 7.35. The van der Waals surface area contributed by atoms with E-state index in [0.717, 1.165) is 51.4 Å². The molecular weight excluding hydrogens is 1290 g/mol. The molecule has 25 heteroatoms. The van der Waals surface area contributed by atoms with Gasteiger partial charge in [-0.05, 0) is 25.7 Å². The van der Waals surface area contributed by atoms with Crippen LogP contribution in [0.15, 0.2) is 0 Å². The number of fused-ring (bicyclic) bond motifs is 20. The fraction of sp³-hybridized carbons (Fsp3) is 0.385. The number of benzene rings is 4. The van der Waals surface area contributed by atoms with Gasteiger partial charge in [0.1, 0.15) is 20.1 Å². The molecule has 77 heavy (non-hydrogen) atoms. The Hall–Kier alpha value is -2.46. The van der Waals surface area contributed by atoms with Gasteiger partial charge in [0.05, 0.1) is 89.9 Å².